The Morgan fingerprint density at radius 3 is 2.21 bits per heavy atom. The molecule has 0 unspecified atom stereocenters. The first-order valence-electron chi connectivity index (χ1n) is 7.85. The molecule has 0 aliphatic carbocycles. The maximum absolute atomic E-state index is 9.87. The van der Waals surface area contributed by atoms with Gasteiger partial charge in [0.15, 0.2) is 0 Å². The summed E-state index contributed by atoms with van der Waals surface area (Å²) >= 11 is 0. The van der Waals surface area contributed by atoms with Crippen LogP contribution in [0.25, 0.3) is 22.8 Å². The van der Waals surface area contributed by atoms with Gasteiger partial charge in [-0.2, -0.15) is 4.98 Å². The normalized spacial score (nSPS) is 11.0. The summed E-state index contributed by atoms with van der Waals surface area (Å²) < 4.78 is 11.0. The highest BCUT2D eigenvalue weighted by molar-refractivity contribution is 5.63. The highest BCUT2D eigenvalue weighted by Crippen LogP contribution is 2.29. The van der Waals surface area contributed by atoms with Gasteiger partial charge in [0, 0.05) is 11.1 Å². The number of rotatable bonds is 4. The number of aromatic nitrogens is 2. The van der Waals surface area contributed by atoms with Crippen LogP contribution in [0, 0.1) is 13.8 Å². The van der Waals surface area contributed by atoms with E-state index in [1.54, 1.807) is 0 Å². The van der Waals surface area contributed by atoms with Gasteiger partial charge in [-0.3, -0.25) is 0 Å². The number of hydrogen-bond acceptors (Lipinski definition) is 5. The van der Waals surface area contributed by atoms with Gasteiger partial charge >= 0.3 is 0 Å². The van der Waals surface area contributed by atoms with Crippen molar-refractivity contribution in [1.29, 1.82) is 0 Å². The summed E-state index contributed by atoms with van der Waals surface area (Å²) in [7, 11) is 0. The van der Waals surface area contributed by atoms with Gasteiger partial charge in [-0.15, -0.1) is 0 Å². The van der Waals surface area contributed by atoms with Crippen LogP contribution in [0.3, 0.4) is 0 Å². The number of aromatic hydroxyl groups is 1. The molecule has 0 saturated heterocycles. The number of hydrogen-bond donors (Lipinski definition) is 1. The summed E-state index contributed by atoms with van der Waals surface area (Å²) in [5.41, 5.74) is 3.22. The summed E-state index contributed by atoms with van der Waals surface area (Å²) in [5.74, 6) is 2.05. The van der Waals surface area contributed by atoms with Gasteiger partial charge in [0.1, 0.15) is 11.5 Å². The predicted molar refractivity (Wildman–Crippen MR) is 92.1 cm³/mol. The van der Waals surface area contributed by atoms with E-state index >= 15 is 0 Å². The number of phenolic OH excluding ortho intramolecular Hbond substituents is 1. The van der Waals surface area contributed by atoms with Crippen molar-refractivity contribution in [3.63, 3.8) is 0 Å². The fourth-order valence-electron chi connectivity index (χ4n) is 2.49. The second-order valence-corrected chi connectivity index (χ2v) is 6.07. The second kappa shape index (κ2) is 6.35. The van der Waals surface area contributed by atoms with Crippen molar-refractivity contribution in [2.24, 2.45) is 0 Å². The van der Waals surface area contributed by atoms with Gasteiger partial charge in [0.05, 0.1) is 6.10 Å². The molecule has 0 spiro atoms. The third-order valence-corrected chi connectivity index (χ3v) is 3.65. The minimum absolute atomic E-state index is 0.131. The van der Waals surface area contributed by atoms with Crippen LogP contribution >= 0.6 is 0 Å². The Labute approximate surface area is 140 Å². The minimum Gasteiger partial charge on any atom is -0.507 e. The van der Waals surface area contributed by atoms with Crippen LogP contribution in [0.15, 0.2) is 40.9 Å². The molecule has 0 bridgehead atoms. The van der Waals surface area contributed by atoms with Gasteiger partial charge in [-0.1, -0.05) is 5.16 Å². The Kier molecular flexibility index (Phi) is 4.25. The first kappa shape index (κ1) is 16.1. The fourth-order valence-corrected chi connectivity index (χ4v) is 2.49. The predicted octanol–water partition coefficient (Wildman–Crippen LogP) is 4.51. The Morgan fingerprint density at radius 2 is 1.62 bits per heavy atom. The Balaban J connectivity index is 1.88. The summed E-state index contributed by atoms with van der Waals surface area (Å²) in [6.45, 7) is 7.67. The van der Waals surface area contributed by atoms with E-state index in [9.17, 15) is 5.11 Å². The highest BCUT2D eigenvalue weighted by atomic mass is 16.5. The number of nitrogens with zero attached hydrogens (tertiary/aromatic N) is 2. The molecule has 1 N–H and O–H groups in total. The molecule has 1 heterocycles. The topological polar surface area (TPSA) is 68.4 Å². The van der Waals surface area contributed by atoms with Crippen LogP contribution in [-0.2, 0) is 0 Å². The maximum atomic E-state index is 9.87. The lowest BCUT2D eigenvalue weighted by molar-refractivity contribution is 0.242. The SMILES string of the molecule is Cc1cc(-c2noc(-c3ccc(OC(C)C)cc3)n2)cc(C)c1O. The van der Waals surface area contributed by atoms with Crippen molar-refractivity contribution >= 4 is 0 Å². The fraction of sp³-hybridized carbons (Fsp3) is 0.263. The lowest BCUT2D eigenvalue weighted by atomic mass is 10.1. The molecule has 2 aromatic carbocycles. The molecule has 0 aliphatic rings. The van der Waals surface area contributed by atoms with E-state index in [4.69, 9.17) is 9.26 Å². The van der Waals surface area contributed by atoms with Crippen molar-refractivity contribution in [3.05, 3.63) is 47.5 Å². The molecular formula is C19H20N2O3. The smallest absolute Gasteiger partial charge is 0.258 e. The lowest BCUT2D eigenvalue weighted by Gasteiger charge is -2.09. The molecule has 0 saturated carbocycles. The molecule has 0 fully saturated rings. The third kappa shape index (κ3) is 3.25. The van der Waals surface area contributed by atoms with E-state index in [1.165, 1.54) is 0 Å². The molecule has 0 amide bonds. The molecule has 24 heavy (non-hydrogen) atoms. The highest BCUT2D eigenvalue weighted by Gasteiger charge is 2.13. The molecule has 124 valence electrons. The summed E-state index contributed by atoms with van der Waals surface area (Å²) in [4.78, 5) is 4.45. The Morgan fingerprint density at radius 1 is 1.00 bits per heavy atom. The quantitative estimate of drug-likeness (QED) is 0.764. The minimum atomic E-state index is 0.131. The largest absolute Gasteiger partial charge is 0.507 e. The number of ether oxygens (including phenoxy) is 1. The standard InChI is InChI=1S/C19H20N2O3/c1-11(2)23-16-7-5-14(6-8-16)19-20-18(21-24-19)15-9-12(3)17(22)13(4)10-15/h5-11,22H,1-4H3. The third-order valence-electron chi connectivity index (χ3n) is 3.65. The van der Waals surface area contributed by atoms with Crippen molar-refractivity contribution in [1.82, 2.24) is 10.1 Å². The molecule has 5 nitrogen and oxygen atoms in total. The molecular weight excluding hydrogens is 304 g/mol. The van der Waals surface area contributed by atoms with E-state index in [1.807, 2.05) is 64.1 Å². The molecule has 0 aliphatic heterocycles. The molecule has 5 heteroatoms. The summed E-state index contributed by atoms with van der Waals surface area (Å²) in [6.07, 6.45) is 0.131. The van der Waals surface area contributed by atoms with Crippen LogP contribution in [0.5, 0.6) is 11.5 Å². The zero-order valence-corrected chi connectivity index (χ0v) is 14.2. The molecule has 0 atom stereocenters. The average Bonchev–Trinajstić information content (AvgIpc) is 3.02. The summed E-state index contributed by atoms with van der Waals surface area (Å²) in [5, 5.41) is 13.9. The number of aryl methyl sites for hydroxylation is 2. The van der Waals surface area contributed by atoms with Gasteiger partial charge in [-0.05, 0) is 75.2 Å². The first-order valence-corrected chi connectivity index (χ1v) is 7.85. The van der Waals surface area contributed by atoms with Crippen LogP contribution in [0.4, 0.5) is 0 Å². The van der Waals surface area contributed by atoms with Crippen molar-refractivity contribution in [2.45, 2.75) is 33.8 Å². The Bertz CT molecular complexity index is 828. The summed E-state index contributed by atoms with van der Waals surface area (Å²) in [6, 6.07) is 11.2. The van der Waals surface area contributed by atoms with E-state index in [0.29, 0.717) is 17.5 Å². The van der Waals surface area contributed by atoms with Gasteiger partial charge in [0.25, 0.3) is 5.89 Å². The maximum Gasteiger partial charge on any atom is 0.258 e. The van der Waals surface area contributed by atoms with Crippen LogP contribution in [-0.4, -0.2) is 21.4 Å². The van der Waals surface area contributed by atoms with E-state index in [2.05, 4.69) is 10.1 Å². The molecule has 3 rings (SSSR count). The molecule has 0 radical (unpaired) electrons. The average molecular weight is 324 g/mol. The molecule has 1 aromatic heterocycles. The van der Waals surface area contributed by atoms with Gasteiger partial charge in [-0.25, -0.2) is 0 Å². The zero-order chi connectivity index (χ0) is 17.3. The van der Waals surface area contributed by atoms with Crippen LogP contribution < -0.4 is 4.74 Å². The first-order chi connectivity index (χ1) is 11.4. The number of phenols is 1. The second-order valence-electron chi connectivity index (χ2n) is 6.07. The van der Waals surface area contributed by atoms with E-state index in [0.717, 1.165) is 28.0 Å². The van der Waals surface area contributed by atoms with Crippen molar-refractivity contribution < 1.29 is 14.4 Å². The monoisotopic (exact) mass is 324 g/mol. The van der Waals surface area contributed by atoms with E-state index in [-0.39, 0.29) is 6.10 Å². The van der Waals surface area contributed by atoms with Gasteiger partial charge < -0.3 is 14.4 Å². The van der Waals surface area contributed by atoms with Crippen molar-refractivity contribution in [3.8, 4) is 34.3 Å². The van der Waals surface area contributed by atoms with Crippen molar-refractivity contribution in [2.75, 3.05) is 0 Å². The zero-order valence-electron chi connectivity index (χ0n) is 14.2. The lowest BCUT2D eigenvalue weighted by Crippen LogP contribution is -2.05. The Hall–Kier alpha value is -2.82. The number of benzene rings is 2. The van der Waals surface area contributed by atoms with Crippen LogP contribution in [0.2, 0.25) is 0 Å². The van der Waals surface area contributed by atoms with Gasteiger partial charge in [0.2, 0.25) is 5.82 Å². The van der Waals surface area contributed by atoms with E-state index < -0.39 is 0 Å². The van der Waals surface area contributed by atoms with Crippen LogP contribution in [0.1, 0.15) is 25.0 Å². The molecule has 3 aromatic rings.